The molecule has 0 aliphatic carbocycles. The minimum absolute atomic E-state index is 0.0664. The molecule has 4 nitrogen and oxygen atoms in total. The van der Waals surface area contributed by atoms with Gasteiger partial charge in [0.05, 0.1) is 17.7 Å². The van der Waals surface area contributed by atoms with E-state index in [1.165, 1.54) is 18.2 Å². The Kier molecular flexibility index (Phi) is 6.44. The van der Waals surface area contributed by atoms with E-state index >= 15 is 0 Å². The summed E-state index contributed by atoms with van der Waals surface area (Å²) >= 11 is 3.47. The van der Waals surface area contributed by atoms with E-state index in [9.17, 15) is 9.90 Å². The molecule has 0 fully saturated rings. The molecule has 0 unspecified atom stereocenters. The van der Waals surface area contributed by atoms with Crippen molar-refractivity contribution in [1.29, 1.82) is 0 Å². The molecular formula is C19H19BrO4. The molecule has 2 rings (SSSR count). The maximum absolute atomic E-state index is 12.2. The zero-order valence-electron chi connectivity index (χ0n) is 13.6. The molecule has 0 amide bonds. The van der Waals surface area contributed by atoms with Gasteiger partial charge in [-0.15, -0.1) is 0 Å². The lowest BCUT2D eigenvalue weighted by Gasteiger charge is -2.13. The molecule has 2 aromatic carbocycles. The van der Waals surface area contributed by atoms with Gasteiger partial charge >= 0.3 is 0 Å². The van der Waals surface area contributed by atoms with Crippen molar-refractivity contribution in [3.05, 3.63) is 58.1 Å². The highest BCUT2D eigenvalue weighted by atomic mass is 79.9. The number of rotatable bonds is 7. The number of benzene rings is 2. The first kappa shape index (κ1) is 18.1. The summed E-state index contributed by atoms with van der Waals surface area (Å²) in [6.07, 6.45) is 3.17. The van der Waals surface area contributed by atoms with Crippen molar-refractivity contribution in [2.45, 2.75) is 13.8 Å². The van der Waals surface area contributed by atoms with Gasteiger partial charge in [-0.05, 0) is 65.7 Å². The number of ether oxygens (including phenoxy) is 2. The van der Waals surface area contributed by atoms with Crippen molar-refractivity contribution in [3.63, 3.8) is 0 Å². The van der Waals surface area contributed by atoms with Gasteiger partial charge in [0.2, 0.25) is 0 Å². The zero-order valence-corrected chi connectivity index (χ0v) is 15.2. The van der Waals surface area contributed by atoms with Crippen LogP contribution in [0.1, 0.15) is 29.8 Å². The molecule has 5 heteroatoms. The Morgan fingerprint density at radius 2 is 1.92 bits per heavy atom. The van der Waals surface area contributed by atoms with Gasteiger partial charge in [0, 0.05) is 5.56 Å². The van der Waals surface area contributed by atoms with Gasteiger partial charge in [0.25, 0.3) is 0 Å². The summed E-state index contributed by atoms with van der Waals surface area (Å²) in [6, 6.07) is 9.94. The normalized spacial score (nSPS) is 10.8. The summed E-state index contributed by atoms with van der Waals surface area (Å²) in [4.78, 5) is 12.2. The van der Waals surface area contributed by atoms with E-state index < -0.39 is 0 Å². The van der Waals surface area contributed by atoms with Crippen molar-refractivity contribution < 1.29 is 19.4 Å². The predicted octanol–water partition coefficient (Wildman–Crippen LogP) is 4.85. The number of ketones is 1. The third-order valence-corrected chi connectivity index (χ3v) is 3.77. The van der Waals surface area contributed by atoms with E-state index in [0.717, 1.165) is 10.0 Å². The SMILES string of the molecule is CCOc1cc(C=CC(=O)c2cccc(O)c2)cc(Br)c1OCC. The third-order valence-electron chi connectivity index (χ3n) is 3.18. The number of phenols is 1. The standard InChI is InChI=1S/C19H19BrO4/c1-3-23-18-11-13(10-16(20)19(18)24-4-2)8-9-17(22)14-6-5-7-15(21)12-14/h5-12,21H,3-4H2,1-2H3. The van der Waals surface area contributed by atoms with Crippen LogP contribution in [0, 0.1) is 0 Å². The van der Waals surface area contributed by atoms with E-state index in [0.29, 0.717) is 30.3 Å². The minimum atomic E-state index is -0.186. The Morgan fingerprint density at radius 1 is 1.17 bits per heavy atom. The molecule has 0 aliphatic rings. The molecule has 1 N–H and O–H groups in total. The second-order valence-corrected chi connectivity index (χ2v) is 5.80. The van der Waals surface area contributed by atoms with Gasteiger partial charge < -0.3 is 14.6 Å². The Hall–Kier alpha value is -2.27. The fourth-order valence-corrected chi connectivity index (χ4v) is 2.73. The molecule has 0 saturated carbocycles. The summed E-state index contributed by atoms with van der Waals surface area (Å²) in [6.45, 7) is 4.85. The van der Waals surface area contributed by atoms with E-state index in [-0.39, 0.29) is 11.5 Å². The Morgan fingerprint density at radius 3 is 2.58 bits per heavy atom. The van der Waals surface area contributed by atoms with Gasteiger partial charge in [-0.3, -0.25) is 4.79 Å². The van der Waals surface area contributed by atoms with Crippen LogP contribution in [0.15, 0.2) is 46.9 Å². The van der Waals surface area contributed by atoms with Crippen LogP contribution in [0.25, 0.3) is 6.08 Å². The number of carbonyl (C=O) groups excluding carboxylic acids is 1. The van der Waals surface area contributed by atoms with Gasteiger partial charge in [-0.2, -0.15) is 0 Å². The minimum Gasteiger partial charge on any atom is -0.508 e. The van der Waals surface area contributed by atoms with Crippen molar-refractivity contribution in [2.75, 3.05) is 13.2 Å². The fraction of sp³-hybridized carbons (Fsp3) is 0.211. The first-order valence-corrected chi connectivity index (χ1v) is 8.45. The van der Waals surface area contributed by atoms with Gasteiger partial charge in [-0.1, -0.05) is 18.2 Å². The molecule has 0 radical (unpaired) electrons. The third kappa shape index (κ3) is 4.61. The van der Waals surface area contributed by atoms with Crippen LogP contribution in [0.3, 0.4) is 0 Å². The lowest BCUT2D eigenvalue weighted by Crippen LogP contribution is -1.99. The lowest BCUT2D eigenvalue weighted by atomic mass is 10.1. The zero-order chi connectivity index (χ0) is 17.5. The van der Waals surface area contributed by atoms with E-state index in [2.05, 4.69) is 15.9 Å². The molecule has 2 aromatic rings. The Labute approximate surface area is 149 Å². The van der Waals surface area contributed by atoms with Crippen LogP contribution < -0.4 is 9.47 Å². The van der Waals surface area contributed by atoms with Gasteiger partial charge in [0.15, 0.2) is 17.3 Å². The lowest BCUT2D eigenvalue weighted by molar-refractivity contribution is 0.104. The molecule has 126 valence electrons. The first-order valence-electron chi connectivity index (χ1n) is 7.65. The summed E-state index contributed by atoms with van der Waals surface area (Å²) in [5.74, 6) is 1.15. The number of phenolic OH excluding ortho intramolecular Hbond substituents is 1. The fourth-order valence-electron chi connectivity index (χ4n) is 2.16. The summed E-state index contributed by atoms with van der Waals surface area (Å²) in [5, 5.41) is 9.45. The predicted molar refractivity (Wildman–Crippen MR) is 98.0 cm³/mol. The first-order chi connectivity index (χ1) is 11.5. The quantitative estimate of drug-likeness (QED) is 0.542. The van der Waals surface area contributed by atoms with E-state index in [1.807, 2.05) is 26.0 Å². The van der Waals surface area contributed by atoms with E-state index in [1.54, 1.807) is 18.2 Å². The van der Waals surface area contributed by atoms with Crippen molar-refractivity contribution in [3.8, 4) is 17.2 Å². The van der Waals surface area contributed by atoms with Gasteiger partial charge in [0.1, 0.15) is 5.75 Å². The summed E-state index contributed by atoms with van der Waals surface area (Å²) in [7, 11) is 0. The molecule has 0 bridgehead atoms. The second-order valence-electron chi connectivity index (χ2n) is 4.94. The maximum atomic E-state index is 12.2. The van der Waals surface area contributed by atoms with Crippen molar-refractivity contribution in [2.24, 2.45) is 0 Å². The molecule has 0 aliphatic heterocycles. The number of allylic oxidation sites excluding steroid dienone is 1. The molecule has 24 heavy (non-hydrogen) atoms. The highest BCUT2D eigenvalue weighted by Crippen LogP contribution is 2.37. The van der Waals surface area contributed by atoms with Crippen LogP contribution in [-0.4, -0.2) is 24.1 Å². The number of halogens is 1. The second kappa shape index (κ2) is 8.55. The molecule has 0 spiro atoms. The molecule has 0 aromatic heterocycles. The average Bonchev–Trinajstić information content (AvgIpc) is 2.56. The number of hydrogen-bond donors (Lipinski definition) is 1. The highest BCUT2D eigenvalue weighted by Gasteiger charge is 2.11. The monoisotopic (exact) mass is 390 g/mol. The van der Waals surface area contributed by atoms with Crippen LogP contribution in [-0.2, 0) is 0 Å². The van der Waals surface area contributed by atoms with Gasteiger partial charge in [-0.25, -0.2) is 0 Å². The van der Waals surface area contributed by atoms with E-state index in [4.69, 9.17) is 9.47 Å². The van der Waals surface area contributed by atoms with Crippen molar-refractivity contribution >= 4 is 27.8 Å². The van der Waals surface area contributed by atoms with Crippen LogP contribution >= 0.6 is 15.9 Å². The smallest absolute Gasteiger partial charge is 0.185 e. The Balaban J connectivity index is 2.27. The van der Waals surface area contributed by atoms with Crippen LogP contribution in [0.2, 0.25) is 0 Å². The summed E-state index contributed by atoms with van der Waals surface area (Å²) < 4.78 is 12.0. The molecular weight excluding hydrogens is 372 g/mol. The topological polar surface area (TPSA) is 55.8 Å². The van der Waals surface area contributed by atoms with Crippen LogP contribution in [0.4, 0.5) is 0 Å². The highest BCUT2D eigenvalue weighted by molar-refractivity contribution is 9.10. The number of hydrogen-bond acceptors (Lipinski definition) is 4. The Bertz CT molecular complexity index is 753. The largest absolute Gasteiger partial charge is 0.508 e. The molecule has 0 saturated heterocycles. The van der Waals surface area contributed by atoms with Crippen LogP contribution in [0.5, 0.6) is 17.2 Å². The summed E-state index contributed by atoms with van der Waals surface area (Å²) in [5.41, 5.74) is 1.24. The maximum Gasteiger partial charge on any atom is 0.185 e. The number of carbonyl (C=O) groups is 1. The number of aromatic hydroxyl groups is 1. The van der Waals surface area contributed by atoms with Crippen molar-refractivity contribution in [1.82, 2.24) is 0 Å². The average molecular weight is 391 g/mol. The molecule has 0 heterocycles. The molecule has 0 atom stereocenters.